The summed E-state index contributed by atoms with van der Waals surface area (Å²) in [4.78, 5) is 0. The van der Waals surface area contributed by atoms with Crippen LogP contribution in [0.15, 0.2) is 38.0 Å². The molecule has 3 aliphatic carbocycles. The molecule has 0 aliphatic heterocycles. The third-order valence-electron chi connectivity index (χ3n) is 20.6. The van der Waals surface area contributed by atoms with Crippen LogP contribution in [0, 0.1) is 53.3 Å². The molecule has 0 N–H and O–H groups in total. The second kappa shape index (κ2) is 68.1. The van der Waals surface area contributed by atoms with Gasteiger partial charge in [-0.2, -0.15) is 143 Å². The summed E-state index contributed by atoms with van der Waals surface area (Å²) in [5.74, 6) is 32.3. The molecule has 0 spiro atoms. The Bertz CT molecular complexity index is 1680. The standard InChI is InChI=1S/C70H138S10.C12H18.C6H14S2/c1-67(2,3)77-49-29-19-15-25-43-71-53-37-61-33-35-63(39-55-73-45-27-17-21-31-51-79-69(7,8)9)65(59-61)41-57-75-47-23-13-14-24-48-76-58-42-66-60-62(38-54-72-44-26-16-20-30-50-78-68(4,5)6)34-36-64(66)40-56-74-46-28-18-22-32-52-80-70(10,11)12;1-4-10-7-8-11(5-2)12(6-3)9-10;7-5-3-1-2-4-6-8/h61-66H,13-60H2,1-12H3;4-6,10-12H,1-3,7-9H2;7-8H,1-6H2. The Labute approximate surface area is 683 Å². The summed E-state index contributed by atoms with van der Waals surface area (Å²) >= 11 is 30.6. The van der Waals surface area contributed by atoms with Crippen LogP contribution >= 0.6 is 143 Å². The molecule has 0 amide bonds. The first-order chi connectivity index (χ1) is 48.0. The van der Waals surface area contributed by atoms with Gasteiger partial charge >= 0.3 is 0 Å². The SMILES string of the molecule is C=CC1CCC(C=C)C(C=C)C1.CC(C)(C)SCCCCCCSCCC1CCC(CCSCCCCCCSC(C)(C)C)C(CCSCCCCCCSCCC2CC(CCSCCCCCCSC(C)(C)C)CCC2CCSCCCCCCSC(C)(C)C)C1.SCCCCCCS. The quantitative estimate of drug-likeness (QED) is 0.0342. The zero-order chi connectivity index (χ0) is 73.7. The highest BCUT2D eigenvalue weighted by molar-refractivity contribution is 8.02. The molecule has 9 unspecified atom stereocenters. The number of thiol groups is 2. The van der Waals surface area contributed by atoms with Crippen molar-refractivity contribution in [1.29, 1.82) is 0 Å². The average Bonchev–Trinajstić information content (AvgIpc) is 0.878. The normalized spacial score (nSPS) is 21.5. The molecule has 0 saturated heterocycles. The Morgan fingerprint density at radius 2 is 0.520 bits per heavy atom. The maximum absolute atomic E-state index is 4.10. The van der Waals surface area contributed by atoms with Gasteiger partial charge in [0.25, 0.3) is 0 Å². The van der Waals surface area contributed by atoms with Gasteiger partial charge < -0.3 is 0 Å². The number of hydrogen-bond donors (Lipinski definition) is 2. The highest BCUT2D eigenvalue weighted by Gasteiger charge is 2.32. The van der Waals surface area contributed by atoms with Crippen molar-refractivity contribution in [3.8, 4) is 0 Å². The van der Waals surface area contributed by atoms with E-state index in [1.54, 1.807) is 12.8 Å². The number of rotatable bonds is 61. The predicted octanol–water partition coefficient (Wildman–Crippen LogP) is 31.7. The van der Waals surface area contributed by atoms with Crippen LogP contribution < -0.4 is 0 Å². The fourth-order valence-electron chi connectivity index (χ4n) is 14.4. The van der Waals surface area contributed by atoms with Crippen molar-refractivity contribution >= 4 is 143 Å². The lowest BCUT2D eigenvalue weighted by atomic mass is 9.71. The maximum atomic E-state index is 4.10. The van der Waals surface area contributed by atoms with Crippen LogP contribution in [0.3, 0.4) is 0 Å². The second-order valence-electron chi connectivity index (χ2n) is 34.2. The summed E-state index contributed by atoms with van der Waals surface area (Å²) in [6.07, 6.45) is 61.9. The van der Waals surface area contributed by atoms with E-state index < -0.39 is 0 Å². The lowest BCUT2D eigenvalue weighted by Crippen LogP contribution is -2.26. The van der Waals surface area contributed by atoms with Crippen LogP contribution in [0.5, 0.6) is 0 Å². The number of thioether (sulfide) groups is 10. The first-order valence-corrected chi connectivity index (χ1v) is 54.3. The van der Waals surface area contributed by atoms with E-state index in [-0.39, 0.29) is 0 Å². The highest BCUT2D eigenvalue weighted by atomic mass is 32.2. The molecule has 0 radical (unpaired) electrons. The lowest BCUT2D eigenvalue weighted by Gasteiger charge is -2.36. The van der Waals surface area contributed by atoms with Gasteiger partial charge in [0, 0.05) is 19.0 Å². The fourth-order valence-corrected chi connectivity index (χ4v) is 25.3. The molecule has 0 aromatic heterocycles. The van der Waals surface area contributed by atoms with Crippen LogP contribution in [-0.4, -0.2) is 123 Å². The summed E-state index contributed by atoms with van der Waals surface area (Å²) < 4.78 is 1.70. The van der Waals surface area contributed by atoms with Crippen molar-refractivity contribution in [3.63, 3.8) is 0 Å². The molecule has 3 rings (SSSR count). The van der Waals surface area contributed by atoms with E-state index in [1.165, 1.54) is 330 Å². The zero-order valence-electron chi connectivity index (χ0n) is 68.3. The molecule has 12 heteroatoms. The first-order valence-electron chi connectivity index (χ1n) is 42.1. The van der Waals surface area contributed by atoms with E-state index in [1.807, 2.05) is 0 Å². The second-order valence-corrected chi connectivity index (χ2v) is 50.1. The maximum Gasteiger partial charge on any atom is 0.00750 e. The van der Waals surface area contributed by atoms with Crippen LogP contribution in [0.4, 0.5) is 0 Å². The molecule has 0 bridgehead atoms. The lowest BCUT2D eigenvalue weighted by molar-refractivity contribution is 0.169. The molecule has 0 nitrogen and oxygen atoms in total. The highest BCUT2D eigenvalue weighted by Crippen LogP contribution is 2.43. The van der Waals surface area contributed by atoms with E-state index >= 15 is 0 Å². The Hall–Kier alpha value is 3.42. The van der Waals surface area contributed by atoms with E-state index in [4.69, 9.17) is 0 Å². The Morgan fingerprint density at radius 3 is 0.780 bits per heavy atom. The predicted molar refractivity (Wildman–Crippen MR) is 503 cm³/mol. The summed E-state index contributed by atoms with van der Waals surface area (Å²) in [5, 5.41) is 0. The van der Waals surface area contributed by atoms with Crippen LogP contribution in [0.2, 0.25) is 0 Å². The van der Waals surface area contributed by atoms with Crippen molar-refractivity contribution in [2.75, 3.05) is 104 Å². The molecule has 3 aliphatic rings. The van der Waals surface area contributed by atoms with Gasteiger partial charge in [-0.05, 0) is 317 Å². The molecule has 0 heterocycles. The average molecular weight is 1610 g/mol. The van der Waals surface area contributed by atoms with Gasteiger partial charge in [0.2, 0.25) is 0 Å². The first kappa shape index (κ1) is 101. The summed E-state index contributed by atoms with van der Waals surface area (Å²) in [6, 6.07) is 0. The molecule has 9 atom stereocenters. The van der Waals surface area contributed by atoms with Gasteiger partial charge in [-0.1, -0.05) is 191 Å². The van der Waals surface area contributed by atoms with Gasteiger partial charge in [0.15, 0.2) is 0 Å². The molecular weight excluding hydrogens is 1440 g/mol. The molecule has 3 fully saturated rings. The molecule has 594 valence electrons. The number of hydrogen-bond acceptors (Lipinski definition) is 12. The third kappa shape index (κ3) is 66.1. The van der Waals surface area contributed by atoms with E-state index in [2.05, 4.69) is 264 Å². The van der Waals surface area contributed by atoms with Crippen molar-refractivity contribution < 1.29 is 0 Å². The topological polar surface area (TPSA) is 0 Å². The van der Waals surface area contributed by atoms with E-state index in [9.17, 15) is 0 Å². The Morgan fingerprint density at radius 1 is 0.260 bits per heavy atom. The molecular formula is C88H170S12. The van der Waals surface area contributed by atoms with Gasteiger partial charge in [0.1, 0.15) is 0 Å². The van der Waals surface area contributed by atoms with Gasteiger partial charge in [-0.25, -0.2) is 0 Å². The summed E-state index contributed by atoms with van der Waals surface area (Å²) in [5.41, 5.74) is 0. The summed E-state index contributed by atoms with van der Waals surface area (Å²) in [7, 11) is 0. The van der Waals surface area contributed by atoms with Gasteiger partial charge in [-0.3, -0.25) is 0 Å². The monoisotopic (exact) mass is 1610 g/mol. The van der Waals surface area contributed by atoms with E-state index in [0.717, 1.165) is 47.0 Å². The van der Waals surface area contributed by atoms with Crippen molar-refractivity contribution in [3.05, 3.63) is 38.0 Å². The minimum Gasteiger partial charge on any atom is -0.179 e. The fraction of sp³-hybridized carbons (Fsp3) is 0.932. The van der Waals surface area contributed by atoms with E-state index in [0.29, 0.717) is 36.7 Å². The van der Waals surface area contributed by atoms with Crippen molar-refractivity contribution in [2.24, 2.45) is 53.3 Å². The van der Waals surface area contributed by atoms with Crippen molar-refractivity contribution in [2.45, 2.75) is 352 Å². The van der Waals surface area contributed by atoms with Gasteiger partial charge in [-0.15, -0.1) is 19.7 Å². The molecule has 0 aromatic carbocycles. The van der Waals surface area contributed by atoms with Crippen molar-refractivity contribution in [1.82, 2.24) is 0 Å². The number of allylic oxidation sites excluding steroid dienone is 3. The minimum atomic E-state index is 0.423. The third-order valence-corrected chi connectivity index (χ3v) is 33.2. The summed E-state index contributed by atoms with van der Waals surface area (Å²) in [6.45, 7) is 39.9. The van der Waals surface area contributed by atoms with Gasteiger partial charge in [0.05, 0.1) is 0 Å². The van der Waals surface area contributed by atoms with Crippen LogP contribution in [0.25, 0.3) is 0 Å². The van der Waals surface area contributed by atoms with Crippen LogP contribution in [0.1, 0.15) is 333 Å². The molecule has 0 aromatic rings. The minimum absolute atomic E-state index is 0.423. The van der Waals surface area contributed by atoms with Crippen LogP contribution in [-0.2, 0) is 0 Å². The molecule has 100 heavy (non-hydrogen) atoms. The molecule has 3 saturated carbocycles. The Balaban J connectivity index is 0.00000213. The zero-order valence-corrected chi connectivity index (χ0v) is 78.3. The number of unbranched alkanes of at least 4 members (excludes halogenated alkanes) is 18. The largest absolute Gasteiger partial charge is 0.179 e. The smallest absolute Gasteiger partial charge is 0.00750 e. The Kier molecular flexibility index (Phi) is 69.0.